The molecule has 0 saturated heterocycles. The number of halogens is 4. The number of aromatic nitrogens is 3. The fourth-order valence-electron chi connectivity index (χ4n) is 4.73. The Labute approximate surface area is 246 Å². The molecule has 2 N–H and O–H groups in total. The van der Waals surface area contributed by atoms with E-state index in [1.165, 1.54) is 0 Å². The number of amides is 1. The van der Waals surface area contributed by atoms with Gasteiger partial charge in [0.15, 0.2) is 11.6 Å². The molecule has 0 aliphatic carbocycles. The minimum absolute atomic E-state index is 0.00573. The van der Waals surface area contributed by atoms with Crippen LogP contribution in [0.4, 0.5) is 13.2 Å². The summed E-state index contributed by atoms with van der Waals surface area (Å²) in [6.07, 6.45) is 0.215. The van der Waals surface area contributed by atoms with Crippen molar-refractivity contribution in [1.82, 2.24) is 19.7 Å². The zero-order valence-electron chi connectivity index (χ0n) is 23.2. The highest BCUT2D eigenvalue weighted by molar-refractivity contribution is 9.10. The van der Waals surface area contributed by atoms with Gasteiger partial charge in [0.1, 0.15) is 18.3 Å². The van der Waals surface area contributed by atoms with Gasteiger partial charge in [-0.25, -0.2) is 22.8 Å². The van der Waals surface area contributed by atoms with Crippen LogP contribution in [-0.4, -0.2) is 44.8 Å². The van der Waals surface area contributed by atoms with Crippen LogP contribution in [0.5, 0.6) is 0 Å². The predicted octanol–water partition coefficient (Wildman–Crippen LogP) is 6.95. The molecule has 41 heavy (non-hydrogen) atoms. The maximum Gasteiger partial charge on any atom is 0.254 e. The van der Waals surface area contributed by atoms with E-state index in [-0.39, 0.29) is 36.8 Å². The normalized spacial score (nSPS) is 13.2. The van der Waals surface area contributed by atoms with Crippen molar-refractivity contribution in [3.05, 3.63) is 106 Å². The fourth-order valence-corrected chi connectivity index (χ4v) is 5.18. The minimum atomic E-state index is -0.752. The zero-order chi connectivity index (χ0) is 29.7. The summed E-state index contributed by atoms with van der Waals surface area (Å²) in [5.41, 5.74) is 6.57. The van der Waals surface area contributed by atoms with Gasteiger partial charge in [0, 0.05) is 22.6 Å². The number of rotatable bonds is 10. The van der Waals surface area contributed by atoms with Crippen LogP contribution in [0.1, 0.15) is 55.0 Å². The SMILES string of the molecule is CC(C)(C)C(c1nc(-c2cc(F)ccc2F)nn1Cc1cccc(Br)c1)N(CC[C@H](N)CF)C(=O)c1ccccc1. The standard InChI is InChI=1S/C31H33BrF3N5O/c1-31(2,3)27(39(15-14-24(36)18-33)30(41)21-9-5-4-6-10-21)29-37-28(25-17-23(34)12-13-26(25)35)38-40(29)19-20-8-7-11-22(32)16-20/h4-13,16-17,24,27H,14-15,18-19,36H2,1-3H3/t24-,27?/m0/s1. The van der Waals surface area contributed by atoms with Gasteiger partial charge in [-0.3, -0.25) is 4.79 Å². The summed E-state index contributed by atoms with van der Waals surface area (Å²) in [4.78, 5) is 20.4. The first kappa shape index (κ1) is 30.5. The smallest absolute Gasteiger partial charge is 0.254 e. The highest BCUT2D eigenvalue weighted by Gasteiger charge is 2.39. The zero-order valence-corrected chi connectivity index (χ0v) is 24.8. The van der Waals surface area contributed by atoms with E-state index in [0.29, 0.717) is 11.4 Å². The Morgan fingerprint density at radius 1 is 1.05 bits per heavy atom. The van der Waals surface area contributed by atoms with Gasteiger partial charge in [0.25, 0.3) is 5.91 Å². The van der Waals surface area contributed by atoms with Crippen LogP contribution in [0.25, 0.3) is 11.4 Å². The Kier molecular flexibility index (Phi) is 9.65. The molecule has 4 rings (SSSR count). The summed E-state index contributed by atoms with van der Waals surface area (Å²) in [6, 6.07) is 18.1. The molecule has 0 saturated carbocycles. The average Bonchev–Trinajstić information content (AvgIpc) is 3.33. The van der Waals surface area contributed by atoms with Gasteiger partial charge < -0.3 is 10.6 Å². The van der Waals surface area contributed by atoms with Crippen LogP contribution >= 0.6 is 15.9 Å². The molecule has 2 atom stereocenters. The number of nitrogens with two attached hydrogens (primary N) is 1. The molecule has 1 unspecified atom stereocenters. The van der Waals surface area contributed by atoms with E-state index >= 15 is 0 Å². The Bertz CT molecular complexity index is 1490. The maximum atomic E-state index is 14.9. The maximum absolute atomic E-state index is 14.9. The number of carbonyl (C=O) groups excluding carboxylic acids is 1. The molecule has 1 amide bonds. The molecule has 216 valence electrons. The van der Waals surface area contributed by atoms with Crippen LogP contribution < -0.4 is 5.73 Å². The Hall–Kier alpha value is -3.50. The summed E-state index contributed by atoms with van der Waals surface area (Å²) < 4.78 is 45.0. The van der Waals surface area contributed by atoms with E-state index < -0.39 is 35.8 Å². The van der Waals surface area contributed by atoms with Crippen molar-refractivity contribution in [3.8, 4) is 11.4 Å². The largest absolute Gasteiger partial charge is 0.328 e. The molecule has 0 aliphatic heterocycles. The van der Waals surface area contributed by atoms with E-state index in [4.69, 9.17) is 10.7 Å². The van der Waals surface area contributed by atoms with Crippen LogP contribution in [0.15, 0.2) is 77.3 Å². The van der Waals surface area contributed by atoms with E-state index in [1.807, 2.05) is 51.1 Å². The molecular weight excluding hydrogens is 595 g/mol. The van der Waals surface area contributed by atoms with Crippen LogP contribution in [0.2, 0.25) is 0 Å². The van der Waals surface area contributed by atoms with Gasteiger partial charge in [-0.2, -0.15) is 5.10 Å². The van der Waals surface area contributed by atoms with Gasteiger partial charge in [-0.05, 0) is 59.9 Å². The van der Waals surface area contributed by atoms with Crippen molar-refractivity contribution >= 4 is 21.8 Å². The highest BCUT2D eigenvalue weighted by atomic mass is 79.9. The third kappa shape index (κ3) is 7.42. The fraction of sp³-hybridized carbons (Fsp3) is 0.323. The highest BCUT2D eigenvalue weighted by Crippen LogP contribution is 2.39. The molecule has 0 bridgehead atoms. The topological polar surface area (TPSA) is 77.0 Å². The molecule has 6 nitrogen and oxygen atoms in total. The summed E-state index contributed by atoms with van der Waals surface area (Å²) in [7, 11) is 0. The number of benzene rings is 3. The predicted molar refractivity (Wildman–Crippen MR) is 157 cm³/mol. The van der Waals surface area contributed by atoms with Gasteiger partial charge in [0.05, 0.1) is 18.2 Å². The third-order valence-electron chi connectivity index (χ3n) is 6.69. The van der Waals surface area contributed by atoms with E-state index in [2.05, 4.69) is 21.0 Å². The molecule has 10 heteroatoms. The molecular formula is C31H33BrF3N5O. The Morgan fingerprint density at radius 3 is 2.44 bits per heavy atom. The first-order valence-electron chi connectivity index (χ1n) is 13.3. The van der Waals surface area contributed by atoms with Gasteiger partial charge in [0.2, 0.25) is 0 Å². The first-order chi connectivity index (χ1) is 19.5. The molecule has 1 aromatic heterocycles. The second-order valence-corrected chi connectivity index (χ2v) is 12.0. The van der Waals surface area contributed by atoms with Crippen molar-refractivity contribution < 1.29 is 18.0 Å². The van der Waals surface area contributed by atoms with Gasteiger partial charge in [-0.1, -0.05) is 67.0 Å². The summed E-state index contributed by atoms with van der Waals surface area (Å²) in [6.45, 7) is 5.54. The van der Waals surface area contributed by atoms with Gasteiger partial charge >= 0.3 is 0 Å². The van der Waals surface area contributed by atoms with Crippen molar-refractivity contribution in [1.29, 1.82) is 0 Å². The second kappa shape index (κ2) is 13.0. The number of hydrogen-bond acceptors (Lipinski definition) is 4. The van der Waals surface area contributed by atoms with Crippen LogP contribution in [-0.2, 0) is 6.54 Å². The van der Waals surface area contributed by atoms with E-state index in [1.54, 1.807) is 33.8 Å². The quantitative estimate of drug-likeness (QED) is 0.206. The second-order valence-electron chi connectivity index (χ2n) is 11.0. The number of carbonyl (C=O) groups is 1. The number of alkyl halides is 1. The Balaban J connectivity index is 1.91. The minimum Gasteiger partial charge on any atom is -0.328 e. The molecule has 0 spiro atoms. The lowest BCUT2D eigenvalue weighted by Gasteiger charge is -2.40. The summed E-state index contributed by atoms with van der Waals surface area (Å²) >= 11 is 3.49. The van der Waals surface area contributed by atoms with Crippen molar-refractivity contribution in [2.45, 2.75) is 45.8 Å². The first-order valence-corrected chi connectivity index (χ1v) is 14.1. The Morgan fingerprint density at radius 2 is 1.78 bits per heavy atom. The molecule has 0 radical (unpaired) electrons. The van der Waals surface area contributed by atoms with Crippen molar-refractivity contribution in [2.24, 2.45) is 11.1 Å². The molecule has 1 heterocycles. The number of nitrogens with zero attached hydrogens (tertiary/aromatic N) is 4. The lowest BCUT2D eigenvalue weighted by molar-refractivity contribution is 0.0469. The van der Waals surface area contributed by atoms with Crippen LogP contribution in [0.3, 0.4) is 0 Å². The lowest BCUT2D eigenvalue weighted by Crippen LogP contribution is -2.44. The third-order valence-corrected chi connectivity index (χ3v) is 7.18. The summed E-state index contributed by atoms with van der Waals surface area (Å²) in [5.74, 6) is -1.20. The van der Waals surface area contributed by atoms with Gasteiger partial charge in [-0.15, -0.1) is 0 Å². The molecule has 3 aromatic carbocycles. The average molecular weight is 629 g/mol. The number of hydrogen-bond donors (Lipinski definition) is 1. The summed E-state index contributed by atoms with van der Waals surface area (Å²) in [5, 5.41) is 4.63. The molecule has 0 aliphatic rings. The van der Waals surface area contributed by atoms with Crippen molar-refractivity contribution in [3.63, 3.8) is 0 Å². The van der Waals surface area contributed by atoms with Crippen LogP contribution in [0, 0.1) is 17.0 Å². The van der Waals surface area contributed by atoms with Crippen molar-refractivity contribution in [2.75, 3.05) is 13.2 Å². The molecule has 4 aromatic rings. The monoisotopic (exact) mass is 627 g/mol. The van der Waals surface area contributed by atoms with E-state index in [0.717, 1.165) is 28.2 Å². The van der Waals surface area contributed by atoms with E-state index in [9.17, 15) is 18.0 Å². The molecule has 0 fully saturated rings. The lowest BCUT2D eigenvalue weighted by atomic mass is 9.84.